The highest BCUT2D eigenvalue weighted by Gasteiger charge is 2.20. The molecule has 0 aromatic carbocycles. The molecule has 0 saturated carbocycles. The number of pyridine rings is 8. The van der Waals surface area contributed by atoms with E-state index in [1.54, 1.807) is 24.8 Å². The third-order valence-electron chi connectivity index (χ3n) is 10.1. The van der Waals surface area contributed by atoms with Crippen LogP contribution in [-0.4, -0.2) is 60.5 Å². The van der Waals surface area contributed by atoms with Crippen LogP contribution in [0.5, 0.6) is 0 Å². The number of hydrogen-bond acceptors (Lipinski definition) is 9. The van der Waals surface area contributed by atoms with Gasteiger partial charge in [0.1, 0.15) is 0 Å². The SMILES string of the molecule is Brc1cnccc1-c1ccncc1Br.CCN(CC)p1c2cnccc2c2ccncc21.FB(F)F.c1cc2c3ccncc3p(-p3c4cnccc4c4ccncc43)c2cn1. The maximum atomic E-state index is 9.67. The molecule has 0 atom stereocenters. The first-order valence-electron chi connectivity index (χ1n) is 19.2. The van der Waals surface area contributed by atoms with Crippen molar-refractivity contribution in [1.29, 1.82) is 0 Å². The Hall–Kier alpha value is -5.13. The molecule has 18 heteroatoms. The van der Waals surface area contributed by atoms with E-state index in [1.807, 2.05) is 86.5 Å². The van der Waals surface area contributed by atoms with Gasteiger partial charge in [0.2, 0.25) is 0 Å². The largest absolute Gasteiger partial charge is 0.762 e. The minimum absolute atomic E-state index is 0.432. The standard InChI is InChI=1S/C20H12N4P2.C14H16N3P.C10H6Br2N2.BF3/c1-5-21-9-17-13(1)14-2-6-22-10-18(14)25(17)26-19-11-23-7-3-15(19)16-4-8-24-12-20(16)26;1-3-17(4-2)18-13-9-15-7-5-11(13)12-6-8-16-10-14(12)18;11-9-5-13-3-1-7(9)8-2-4-14-6-10(8)12;2-1(3)4/h1-12H;5-10H,3-4H2,1-2H3;1-6H;. The van der Waals surface area contributed by atoms with Gasteiger partial charge >= 0.3 is 7.54 Å². The van der Waals surface area contributed by atoms with E-state index >= 15 is 0 Å². The summed E-state index contributed by atoms with van der Waals surface area (Å²) in [6.07, 6.45) is 30.6. The topological polar surface area (TPSA) is 106 Å². The number of hydrogen-bond donors (Lipinski definition) is 0. The van der Waals surface area contributed by atoms with Crippen molar-refractivity contribution in [3.05, 3.63) is 157 Å². The molecule has 0 spiro atoms. The Kier molecular flexibility index (Phi) is 14.0. The zero-order valence-corrected chi connectivity index (χ0v) is 39.0. The van der Waals surface area contributed by atoms with Crippen molar-refractivity contribution in [1.82, 2.24) is 39.9 Å². The lowest BCUT2D eigenvalue weighted by Gasteiger charge is -2.19. The van der Waals surface area contributed by atoms with E-state index in [2.05, 4.69) is 127 Å². The van der Waals surface area contributed by atoms with Crippen LogP contribution in [0.1, 0.15) is 13.8 Å². The Morgan fingerprint density at radius 3 is 0.935 bits per heavy atom. The third-order valence-corrected chi connectivity index (χ3v) is 21.5. The van der Waals surface area contributed by atoms with Crippen LogP contribution >= 0.6 is 54.0 Å². The predicted molar refractivity (Wildman–Crippen MR) is 261 cm³/mol. The van der Waals surface area contributed by atoms with Crippen molar-refractivity contribution < 1.29 is 12.9 Å². The molecule has 0 radical (unpaired) electrons. The number of aromatic nitrogens is 8. The maximum Gasteiger partial charge on any atom is 0.762 e. The second-order valence-corrected chi connectivity index (χ2v) is 22.8. The van der Waals surface area contributed by atoms with E-state index in [0.717, 1.165) is 33.2 Å². The van der Waals surface area contributed by atoms with Gasteiger partial charge in [0, 0.05) is 163 Å². The molecule has 0 unspecified atom stereocenters. The molecule has 0 saturated heterocycles. The molecule has 11 aromatic heterocycles. The highest BCUT2D eigenvalue weighted by atomic mass is 79.9. The fourth-order valence-corrected chi connectivity index (χ4v) is 19.4. The Balaban J connectivity index is 0.000000129. The molecule has 0 amide bonds. The normalized spacial score (nSPS) is 11.1. The second kappa shape index (κ2) is 19.9. The van der Waals surface area contributed by atoms with E-state index in [-0.39, 0.29) is 0 Å². The molecular formula is C44H34BBr2F3N9P3. The van der Waals surface area contributed by atoms with Crippen LogP contribution < -0.4 is 4.67 Å². The van der Waals surface area contributed by atoms with Crippen molar-refractivity contribution >= 4 is 125 Å². The summed E-state index contributed by atoms with van der Waals surface area (Å²) >= 11 is 6.93. The van der Waals surface area contributed by atoms with Gasteiger partial charge in [-0.1, -0.05) is 28.3 Å². The average molecular weight is 1010 g/mol. The summed E-state index contributed by atoms with van der Waals surface area (Å²) in [5.41, 5.74) is 2.21. The lowest BCUT2D eigenvalue weighted by molar-refractivity contribution is 0.535. The Morgan fingerprint density at radius 1 is 0.419 bits per heavy atom. The molecule has 0 aliphatic heterocycles. The van der Waals surface area contributed by atoms with Crippen molar-refractivity contribution in [3.63, 3.8) is 0 Å². The molecule has 0 aliphatic rings. The van der Waals surface area contributed by atoms with Crippen LogP contribution in [0.4, 0.5) is 12.9 Å². The van der Waals surface area contributed by atoms with Gasteiger partial charge in [-0.15, -0.1) is 0 Å². The van der Waals surface area contributed by atoms with Gasteiger partial charge in [-0.25, -0.2) is 0 Å². The highest BCUT2D eigenvalue weighted by molar-refractivity contribution is 9.11. The summed E-state index contributed by atoms with van der Waals surface area (Å²) in [7, 11) is -5.28. The van der Waals surface area contributed by atoms with Gasteiger partial charge < -0.3 is 0 Å². The average Bonchev–Trinajstić information content (AvgIpc) is 3.93. The van der Waals surface area contributed by atoms with Gasteiger partial charge in [-0.05, 0) is 120 Å². The summed E-state index contributed by atoms with van der Waals surface area (Å²) < 4.78 is 33.5. The van der Waals surface area contributed by atoms with E-state index in [4.69, 9.17) is 0 Å². The Labute approximate surface area is 374 Å². The first-order valence-corrected chi connectivity index (χ1v) is 25.5. The van der Waals surface area contributed by atoms with Gasteiger partial charge in [-0.2, -0.15) is 0 Å². The lowest BCUT2D eigenvalue weighted by Crippen LogP contribution is -2.17. The van der Waals surface area contributed by atoms with E-state index in [9.17, 15) is 12.9 Å². The van der Waals surface area contributed by atoms with Crippen molar-refractivity contribution in [2.45, 2.75) is 13.8 Å². The van der Waals surface area contributed by atoms with Crippen LogP contribution in [-0.2, 0) is 0 Å². The van der Waals surface area contributed by atoms with Gasteiger partial charge in [0.05, 0.1) is 0 Å². The van der Waals surface area contributed by atoms with E-state index in [1.165, 1.54) is 63.0 Å². The van der Waals surface area contributed by atoms with E-state index in [0.29, 0.717) is 0 Å². The minimum atomic E-state index is -3.67. The molecule has 0 aliphatic carbocycles. The first kappa shape index (κ1) is 43.5. The van der Waals surface area contributed by atoms with Gasteiger partial charge in [0.25, 0.3) is 0 Å². The fraction of sp³-hybridized carbons (Fsp3) is 0.0909. The highest BCUT2D eigenvalue weighted by Crippen LogP contribution is 2.71. The number of halogens is 5. The predicted octanol–water partition coefficient (Wildman–Crippen LogP) is 14.5. The van der Waals surface area contributed by atoms with Crippen molar-refractivity contribution in [3.8, 4) is 11.1 Å². The van der Waals surface area contributed by atoms with Crippen LogP contribution in [0.3, 0.4) is 0 Å². The molecule has 0 bridgehead atoms. The molecule has 0 fully saturated rings. The Morgan fingerprint density at radius 2 is 0.661 bits per heavy atom. The van der Waals surface area contributed by atoms with Gasteiger partial charge in [0.15, 0.2) is 0 Å². The summed E-state index contributed by atoms with van der Waals surface area (Å²) in [4.78, 5) is 34.5. The molecule has 62 heavy (non-hydrogen) atoms. The molecule has 11 rings (SSSR count). The smallest absolute Gasteiger partial charge is 0.264 e. The molecule has 9 nitrogen and oxygen atoms in total. The third kappa shape index (κ3) is 8.76. The molecular weight excluding hydrogens is 975 g/mol. The summed E-state index contributed by atoms with van der Waals surface area (Å²) in [5, 5.41) is 16.0. The van der Waals surface area contributed by atoms with Crippen LogP contribution in [0, 0.1) is 0 Å². The fourth-order valence-electron chi connectivity index (χ4n) is 7.51. The quantitative estimate of drug-likeness (QED) is 0.156. The second-order valence-electron chi connectivity index (χ2n) is 13.4. The summed E-state index contributed by atoms with van der Waals surface area (Å²) in [6, 6.07) is 16.7. The molecule has 0 N–H and O–H groups in total. The number of rotatable bonds is 5. The maximum absolute atomic E-state index is 9.67. The van der Waals surface area contributed by atoms with Crippen molar-refractivity contribution in [2.75, 3.05) is 17.8 Å². The molecule has 308 valence electrons. The first-order chi connectivity index (χ1) is 30.3. The van der Waals surface area contributed by atoms with Crippen LogP contribution in [0.25, 0.3) is 74.2 Å². The summed E-state index contributed by atoms with van der Waals surface area (Å²) in [6.45, 7) is 6.56. The summed E-state index contributed by atoms with van der Waals surface area (Å²) in [5.74, 6) is 0. The van der Waals surface area contributed by atoms with Gasteiger partial charge in [-0.3, -0.25) is 57.5 Å². The van der Waals surface area contributed by atoms with Crippen LogP contribution in [0.15, 0.2) is 157 Å². The van der Waals surface area contributed by atoms with Crippen LogP contribution in [0.2, 0.25) is 0 Å². The monoisotopic (exact) mass is 1010 g/mol. The van der Waals surface area contributed by atoms with E-state index < -0.39 is 29.7 Å². The molecule has 11 heterocycles. The minimum Gasteiger partial charge on any atom is -0.264 e. The Bertz CT molecular complexity index is 2990. The zero-order chi connectivity index (χ0) is 43.2. The number of nitrogens with zero attached hydrogens (tertiary/aromatic N) is 9. The lowest BCUT2D eigenvalue weighted by atomic mass is 10.1. The number of fused-ring (bicyclic) bond motifs is 9. The van der Waals surface area contributed by atoms with Crippen molar-refractivity contribution in [2.24, 2.45) is 0 Å². The zero-order valence-electron chi connectivity index (χ0n) is 33.1. The molecule has 11 aromatic rings.